The minimum Gasteiger partial charge on any atom is -0.507 e. The third kappa shape index (κ3) is 3.98. The van der Waals surface area contributed by atoms with Crippen LogP contribution in [0.5, 0.6) is 28.7 Å². The lowest BCUT2D eigenvalue weighted by Gasteiger charge is -2.26. The van der Waals surface area contributed by atoms with Crippen molar-refractivity contribution in [1.29, 1.82) is 0 Å². The lowest BCUT2D eigenvalue weighted by Crippen LogP contribution is -2.29. The van der Waals surface area contributed by atoms with Crippen LogP contribution in [-0.2, 0) is 16.1 Å². The number of ether oxygens (including phenoxy) is 5. The summed E-state index contributed by atoms with van der Waals surface area (Å²) >= 11 is 0. The van der Waals surface area contributed by atoms with Crippen molar-refractivity contribution in [3.63, 3.8) is 0 Å². The lowest BCUT2D eigenvalue weighted by molar-refractivity contribution is -0.140. The Morgan fingerprint density at radius 1 is 0.892 bits per heavy atom. The number of hydrogen-bond acceptors (Lipinski definition) is 8. The van der Waals surface area contributed by atoms with Gasteiger partial charge in [0.05, 0.1) is 18.7 Å². The molecule has 3 heterocycles. The number of aliphatic hydroxyl groups is 1. The van der Waals surface area contributed by atoms with E-state index in [9.17, 15) is 14.7 Å². The van der Waals surface area contributed by atoms with Crippen molar-refractivity contribution in [2.75, 3.05) is 27.1 Å². The molecule has 6 rings (SSSR count). The first-order valence-corrected chi connectivity index (χ1v) is 11.7. The minimum absolute atomic E-state index is 0.00686. The molecule has 0 saturated carbocycles. The third-order valence-corrected chi connectivity index (χ3v) is 6.58. The van der Waals surface area contributed by atoms with Crippen molar-refractivity contribution in [2.24, 2.45) is 0 Å². The number of benzene rings is 3. The van der Waals surface area contributed by atoms with E-state index >= 15 is 0 Å². The van der Waals surface area contributed by atoms with Gasteiger partial charge in [0.25, 0.3) is 11.7 Å². The molecule has 0 radical (unpaired) electrons. The van der Waals surface area contributed by atoms with Gasteiger partial charge in [0.2, 0.25) is 6.79 Å². The first-order valence-electron chi connectivity index (χ1n) is 11.7. The number of ketones is 1. The van der Waals surface area contributed by atoms with E-state index in [2.05, 4.69) is 0 Å². The molecule has 1 saturated heterocycles. The molecule has 0 spiro atoms. The second-order valence-electron chi connectivity index (χ2n) is 8.75. The highest BCUT2D eigenvalue weighted by atomic mass is 16.7. The van der Waals surface area contributed by atoms with Gasteiger partial charge < -0.3 is 33.7 Å². The van der Waals surface area contributed by atoms with Gasteiger partial charge in [-0.05, 0) is 53.6 Å². The van der Waals surface area contributed by atoms with Gasteiger partial charge in [0, 0.05) is 12.1 Å². The Labute approximate surface area is 212 Å². The molecule has 37 heavy (non-hydrogen) atoms. The van der Waals surface area contributed by atoms with Crippen molar-refractivity contribution in [3.8, 4) is 28.7 Å². The van der Waals surface area contributed by atoms with Gasteiger partial charge in [0.1, 0.15) is 24.7 Å². The number of Topliss-reactive ketones (excluding diaryl/α,β-unsaturated/α-hetero) is 1. The van der Waals surface area contributed by atoms with Gasteiger partial charge in [-0.25, -0.2) is 0 Å². The van der Waals surface area contributed by atoms with Crippen LogP contribution in [0, 0.1) is 0 Å². The number of carbonyl (C=O) groups is 2. The van der Waals surface area contributed by atoms with E-state index in [-0.39, 0.29) is 24.7 Å². The molecule has 1 amide bonds. The number of aliphatic hydroxyl groups excluding tert-OH is 1. The number of rotatable bonds is 5. The van der Waals surface area contributed by atoms with Gasteiger partial charge in [-0.3, -0.25) is 9.59 Å². The van der Waals surface area contributed by atoms with Crippen LogP contribution in [0.25, 0.3) is 5.76 Å². The molecular formula is C28H23NO8. The summed E-state index contributed by atoms with van der Waals surface area (Å²) in [7, 11) is 1.56. The summed E-state index contributed by atoms with van der Waals surface area (Å²) < 4.78 is 27.3. The van der Waals surface area contributed by atoms with Crippen LogP contribution in [0.15, 0.2) is 66.2 Å². The van der Waals surface area contributed by atoms with Crippen LogP contribution in [0.1, 0.15) is 22.7 Å². The maximum absolute atomic E-state index is 13.4. The van der Waals surface area contributed by atoms with Gasteiger partial charge in [-0.2, -0.15) is 0 Å². The average Bonchev–Trinajstić information content (AvgIpc) is 3.50. The van der Waals surface area contributed by atoms with Crippen molar-refractivity contribution in [1.82, 2.24) is 4.90 Å². The molecular weight excluding hydrogens is 478 g/mol. The third-order valence-electron chi connectivity index (χ3n) is 6.58. The van der Waals surface area contributed by atoms with Crippen LogP contribution in [0.3, 0.4) is 0 Å². The summed E-state index contributed by atoms with van der Waals surface area (Å²) in [5.74, 6) is 1.07. The van der Waals surface area contributed by atoms with Crippen LogP contribution >= 0.6 is 0 Å². The van der Waals surface area contributed by atoms with E-state index in [0.29, 0.717) is 53.1 Å². The highest BCUT2D eigenvalue weighted by Gasteiger charge is 2.46. The molecule has 0 aromatic heterocycles. The van der Waals surface area contributed by atoms with E-state index in [0.717, 1.165) is 5.56 Å². The molecule has 0 aliphatic carbocycles. The zero-order valence-electron chi connectivity index (χ0n) is 19.9. The average molecular weight is 501 g/mol. The number of fused-ring (bicyclic) bond motifs is 2. The van der Waals surface area contributed by atoms with Crippen LogP contribution in [0.2, 0.25) is 0 Å². The number of amides is 1. The normalized spacial score (nSPS) is 19.3. The molecule has 1 N–H and O–H groups in total. The number of carbonyl (C=O) groups excluding carboxylic acids is 2. The quantitative estimate of drug-likeness (QED) is 0.320. The molecule has 3 aliphatic rings. The molecule has 188 valence electrons. The summed E-state index contributed by atoms with van der Waals surface area (Å²) in [4.78, 5) is 28.2. The van der Waals surface area contributed by atoms with E-state index < -0.39 is 17.7 Å². The second-order valence-corrected chi connectivity index (χ2v) is 8.75. The van der Waals surface area contributed by atoms with E-state index in [1.54, 1.807) is 61.7 Å². The van der Waals surface area contributed by atoms with Crippen LogP contribution in [0.4, 0.5) is 0 Å². The molecule has 1 atom stereocenters. The van der Waals surface area contributed by atoms with Crippen LogP contribution in [-0.4, -0.2) is 48.8 Å². The number of hydrogen-bond donors (Lipinski definition) is 1. The van der Waals surface area contributed by atoms with Gasteiger partial charge in [-0.1, -0.05) is 18.2 Å². The Balaban J connectivity index is 1.44. The fourth-order valence-electron chi connectivity index (χ4n) is 4.76. The predicted octanol–water partition coefficient (Wildman–Crippen LogP) is 3.82. The van der Waals surface area contributed by atoms with Gasteiger partial charge in [-0.15, -0.1) is 0 Å². The molecule has 3 aliphatic heterocycles. The minimum atomic E-state index is -0.829. The van der Waals surface area contributed by atoms with Crippen molar-refractivity contribution >= 4 is 17.4 Å². The van der Waals surface area contributed by atoms with Gasteiger partial charge in [0.15, 0.2) is 23.0 Å². The van der Waals surface area contributed by atoms with Crippen molar-refractivity contribution < 1.29 is 38.4 Å². The Morgan fingerprint density at radius 3 is 2.35 bits per heavy atom. The molecule has 9 heteroatoms. The SMILES string of the molecule is COc1ccc(C2/C(=C(/O)c3ccc4c(c3)OCCO4)C(=O)C(=O)N2Cc2ccc3c(c2)OCO3)cc1. The first-order chi connectivity index (χ1) is 18.0. The van der Waals surface area contributed by atoms with E-state index in [4.69, 9.17) is 23.7 Å². The second kappa shape index (κ2) is 9.09. The maximum Gasteiger partial charge on any atom is 0.295 e. The van der Waals surface area contributed by atoms with Gasteiger partial charge >= 0.3 is 0 Å². The standard InChI is InChI=1S/C28H23NO8/c1-33-19-6-3-17(4-7-19)25-24(26(30)18-5-9-20-23(13-18)35-11-10-34-20)27(31)28(32)29(25)14-16-2-8-21-22(12-16)37-15-36-21/h2-9,12-13,25,30H,10-11,14-15H2,1H3/b26-24-. The molecule has 3 aromatic rings. The van der Waals surface area contributed by atoms with Crippen LogP contribution < -0.4 is 23.7 Å². The fourth-order valence-corrected chi connectivity index (χ4v) is 4.76. The molecule has 1 unspecified atom stereocenters. The summed E-state index contributed by atoms with van der Waals surface area (Å²) in [6.07, 6.45) is 0. The number of nitrogens with zero attached hydrogens (tertiary/aromatic N) is 1. The largest absolute Gasteiger partial charge is 0.507 e. The zero-order valence-corrected chi connectivity index (χ0v) is 19.9. The summed E-state index contributed by atoms with van der Waals surface area (Å²) in [5, 5.41) is 11.4. The Hall–Kier alpha value is -4.66. The highest BCUT2D eigenvalue weighted by Crippen LogP contribution is 2.43. The first kappa shape index (κ1) is 22.8. The van der Waals surface area contributed by atoms with E-state index in [1.807, 2.05) is 6.07 Å². The Kier molecular flexibility index (Phi) is 5.60. The maximum atomic E-state index is 13.4. The number of methoxy groups -OCH3 is 1. The van der Waals surface area contributed by atoms with Crippen molar-refractivity contribution in [2.45, 2.75) is 12.6 Å². The predicted molar refractivity (Wildman–Crippen MR) is 131 cm³/mol. The fraction of sp³-hybridized carbons (Fsp3) is 0.214. The highest BCUT2D eigenvalue weighted by molar-refractivity contribution is 6.46. The summed E-state index contributed by atoms with van der Waals surface area (Å²) in [6, 6.07) is 16.5. The monoisotopic (exact) mass is 501 g/mol. The molecule has 3 aromatic carbocycles. The Morgan fingerprint density at radius 2 is 1.57 bits per heavy atom. The van der Waals surface area contributed by atoms with Crippen molar-refractivity contribution in [3.05, 3.63) is 82.9 Å². The smallest absolute Gasteiger partial charge is 0.295 e. The summed E-state index contributed by atoms with van der Waals surface area (Å²) in [6.45, 7) is 1.06. The summed E-state index contributed by atoms with van der Waals surface area (Å²) in [5.41, 5.74) is 1.75. The topological polar surface area (TPSA) is 104 Å². The Bertz CT molecular complexity index is 1430. The molecule has 1 fully saturated rings. The van der Waals surface area contributed by atoms with E-state index in [1.165, 1.54) is 4.90 Å². The number of likely N-dealkylation sites (tertiary alicyclic amines) is 1. The zero-order chi connectivity index (χ0) is 25.5. The lowest BCUT2D eigenvalue weighted by atomic mass is 9.95. The molecule has 9 nitrogen and oxygen atoms in total. The molecule has 0 bridgehead atoms.